The summed E-state index contributed by atoms with van der Waals surface area (Å²) in [5.74, 6) is 0.425. The lowest BCUT2D eigenvalue weighted by molar-refractivity contribution is -0.123. The maximum absolute atomic E-state index is 12.3. The monoisotopic (exact) mass is 396 g/mol. The van der Waals surface area contributed by atoms with Gasteiger partial charge in [0, 0.05) is 5.69 Å². The van der Waals surface area contributed by atoms with Crippen molar-refractivity contribution in [1.82, 2.24) is 4.98 Å². The summed E-state index contributed by atoms with van der Waals surface area (Å²) in [6.45, 7) is 5.09. The van der Waals surface area contributed by atoms with Crippen LogP contribution in [0.2, 0.25) is 0 Å². The summed E-state index contributed by atoms with van der Waals surface area (Å²) in [4.78, 5) is 29.1. The molecule has 144 valence electrons. The first-order chi connectivity index (χ1) is 13.4. The Bertz CT molecular complexity index is 968. The summed E-state index contributed by atoms with van der Waals surface area (Å²) in [7, 11) is 0. The van der Waals surface area contributed by atoms with Crippen LogP contribution in [-0.2, 0) is 9.53 Å². The molecule has 0 aliphatic heterocycles. The van der Waals surface area contributed by atoms with Gasteiger partial charge in [0.2, 0.25) is 0 Å². The van der Waals surface area contributed by atoms with E-state index in [0.29, 0.717) is 22.0 Å². The van der Waals surface area contributed by atoms with E-state index in [1.807, 2.05) is 37.3 Å². The summed E-state index contributed by atoms with van der Waals surface area (Å²) in [5.41, 5.74) is 1.19. The third-order valence-corrected chi connectivity index (χ3v) is 4.90. The van der Waals surface area contributed by atoms with Gasteiger partial charge >= 0.3 is 5.97 Å². The van der Waals surface area contributed by atoms with Crippen LogP contribution in [0.25, 0.3) is 0 Å². The van der Waals surface area contributed by atoms with Crippen LogP contribution in [0.15, 0.2) is 54.6 Å². The van der Waals surface area contributed by atoms with Crippen molar-refractivity contribution in [3.8, 4) is 11.5 Å². The fourth-order valence-corrected chi connectivity index (χ4v) is 3.27. The number of carbonyl (C=O) groups excluding carboxylic acids is 2. The minimum Gasteiger partial charge on any atom is -0.457 e. The molecule has 0 bridgehead atoms. The second-order valence-corrected chi connectivity index (χ2v) is 7.33. The highest BCUT2D eigenvalue weighted by Crippen LogP contribution is 2.23. The second-order valence-electron chi connectivity index (χ2n) is 6.12. The fourth-order valence-electron chi connectivity index (χ4n) is 2.46. The SMILES string of the molecule is Cc1nc(C)c(C(=O)OC(C)C(=O)Nc2ccc(Oc3ccccc3)cc2)s1. The number of rotatable bonds is 6. The molecule has 1 aromatic heterocycles. The van der Waals surface area contributed by atoms with Gasteiger partial charge in [-0.1, -0.05) is 18.2 Å². The van der Waals surface area contributed by atoms with E-state index in [-0.39, 0.29) is 0 Å². The zero-order valence-corrected chi connectivity index (χ0v) is 16.6. The Morgan fingerprint density at radius 2 is 1.64 bits per heavy atom. The number of para-hydroxylation sites is 1. The van der Waals surface area contributed by atoms with Crippen LogP contribution in [-0.4, -0.2) is 23.0 Å². The zero-order valence-electron chi connectivity index (χ0n) is 15.8. The third-order valence-electron chi connectivity index (χ3n) is 3.84. The van der Waals surface area contributed by atoms with Gasteiger partial charge < -0.3 is 14.8 Å². The first-order valence-electron chi connectivity index (χ1n) is 8.71. The number of anilines is 1. The Labute approximate surface area is 167 Å². The molecule has 1 heterocycles. The van der Waals surface area contributed by atoms with Crippen molar-refractivity contribution in [2.24, 2.45) is 0 Å². The van der Waals surface area contributed by atoms with Crippen LogP contribution in [0.5, 0.6) is 11.5 Å². The molecule has 3 rings (SSSR count). The molecule has 2 aromatic carbocycles. The highest BCUT2D eigenvalue weighted by Gasteiger charge is 2.22. The predicted octanol–water partition coefficient (Wildman–Crippen LogP) is 4.74. The third kappa shape index (κ3) is 4.95. The fraction of sp³-hybridized carbons (Fsp3) is 0.190. The molecular formula is C21H20N2O4S. The molecule has 1 amide bonds. The van der Waals surface area contributed by atoms with E-state index in [2.05, 4.69) is 10.3 Å². The number of amides is 1. The van der Waals surface area contributed by atoms with Crippen LogP contribution >= 0.6 is 11.3 Å². The van der Waals surface area contributed by atoms with Crippen molar-refractivity contribution in [1.29, 1.82) is 0 Å². The average Bonchev–Trinajstić information content (AvgIpc) is 3.02. The molecule has 0 aliphatic rings. The van der Waals surface area contributed by atoms with Gasteiger partial charge in [0.25, 0.3) is 5.91 Å². The number of thiazole rings is 1. The maximum atomic E-state index is 12.3. The van der Waals surface area contributed by atoms with Crippen LogP contribution in [0.4, 0.5) is 5.69 Å². The molecule has 0 radical (unpaired) electrons. The van der Waals surface area contributed by atoms with E-state index in [1.54, 1.807) is 31.2 Å². The number of aryl methyl sites for hydroxylation is 2. The van der Waals surface area contributed by atoms with Crippen molar-refractivity contribution in [2.75, 3.05) is 5.32 Å². The molecular weight excluding hydrogens is 376 g/mol. The number of esters is 1. The molecule has 0 saturated heterocycles. The number of aromatic nitrogens is 1. The van der Waals surface area contributed by atoms with Gasteiger partial charge in [-0.05, 0) is 57.2 Å². The number of carbonyl (C=O) groups is 2. The number of hydrogen-bond donors (Lipinski definition) is 1. The first-order valence-corrected chi connectivity index (χ1v) is 9.53. The van der Waals surface area contributed by atoms with Crippen molar-refractivity contribution >= 4 is 28.9 Å². The summed E-state index contributed by atoms with van der Waals surface area (Å²) >= 11 is 1.25. The molecule has 1 N–H and O–H groups in total. The number of nitrogens with zero attached hydrogens (tertiary/aromatic N) is 1. The lowest BCUT2D eigenvalue weighted by Crippen LogP contribution is -2.29. The molecule has 0 fully saturated rings. The largest absolute Gasteiger partial charge is 0.457 e. The number of nitrogens with one attached hydrogen (secondary N) is 1. The van der Waals surface area contributed by atoms with E-state index in [9.17, 15) is 9.59 Å². The Morgan fingerprint density at radius 1 is 1.00 bits per heavy atom. The van der Waals surface area contributed by atoms with E-state index >= 15 is 0 Å². The smallest absolute Gasteiger partial charge is 0.351 e. The summed E-state index contributed by atoms with van der Waals surface area (Å²) in [5, 5.41) is 3.50. The van der Waals surface area contributed by atoms with Crippen LogP contribution in [0.1, 0.15) is 27.3 Å². The minimum atomic E-state index is -0.936. The van der Waals surface area contributed by atoms with E-state index in [1.165, 1.54) is 18.3 Å². The molecule has 0 spiro atoms. The lowest BCUT2D eigenvalue weighted by Gasteiger charge is -2.13. The van der Waals surface area contributed by atoms with Gasteiger partial charge in [0.1, 0.15) is 16.4 Å². The van der Waals surface area contributed by atoms with Crippen molar-refractivity contribution in [2.45, 2.75) is 26.9 Å². The molecule has 7 heteroatoms. The Hall–Kier alpha value is -3.19. The molecule has 1 unspecified atom stereocenters. The minimum absolute atomic E-state index is 0.413. The molecule has 3 aromatic rings. The van der Waals surface area contributed by atoms with Crippen LogP contribution < -0.4 is 10.1 Å². The van der Waals surface area contributed by atoms with Gasteiger partial charge in [-0.25, -0.2) is 9.78 Å². The topological polar surface area (TPSA) is 77.5 Å². The normalized spacial score (nSPS) is 11.5. The summed E-state index contributed by atoms with van der Waals surface area (Å²) in [6.07, 6.45) is -0.936. The second kappa shape index (κ2) is 8.67. The molecule has 0 saturated carbocycles. The van der Waals surface area contributed by atoms with Gasteiger partial charge in [0.15, 0.2) is 6.10 Å². The van der Waals surface area contributed by atoms with Crippen molar-refractivity contribution < 1.29 is 19.1 Å². The summed E-state index contributed by atoms with van der Waals surface area (Å²) < 4.78 is 11.0. The Kier molecular flexibility index (Phi) is 6.06. The van der Waals surface area contributed by atoms with Crippen LogP contribution in [0.3, 0.4) is 0 Å². The van der Waals surface area contributed by atoms with Gasteiger partial charge in [-0.2, -0.15) is 0 Å². The first kappa shape index (κ1) is 19.6. The quantitative estimate of drug-likeness (QED) is 0.609. The highest BCUT2D eigenvalue weighted by atomic mass is 32.1. The maximum Gasteiger partial charge on any atom is 0.351 e. The average molecular weight is 396 g/mol. The highest BCUT2D eigenvalue weighted by molar-refractivity contribution is 7.13. The van der Waals surface area contributed by atoms with E-state index < -0.39 is 18.0 Å². The predicted molar refractivity (Wildman–Crippen MR) is 108 cm³/mol. The zero-order chi connectivity index (χ0) is 20.1. The van der Waals surface area contributed by atoms with Crippen molar-refractivity contribution in [3.63, 3.8) is 0 Å². The van der Waals surface area contributed by atoms with Gasteiger partial charge in [-0.3, -0.25) is 4.79 Å². The number of ether oxygens (including phenoxy) is 2. The van der Waals surface area contributed by atoms with Crippen molar-refractivity contribution in [3.05, 3.63) is 70.2 Å². The Balaban J connectivity index is 1.56. The van der Waals surface area contributed by atoms with Gasteiger partial charge in [0.05, 0.1) is 10.7 Å². The molecule has 1 atom stereocenters. The molecule has 6 nitrogen and oxygen atoms in total. The Morgan fingerprint density at radius 3 is 2.25 bits per heavy atom. The number of hydrogen-bond acceptors (Lipinski definition) is 6. The molecule has 28 heavy (non-hydrogen) atoms. The van der Waals surface area contributed by atoms with E-state index in [4.69, 9.17) is 9.47 Å². The molecule has 0 aliphatic carbocycles. The lowest BCUT2D eigenvalue weighted by atomic mass is 10.2. The standard InChI is InChI=1S/C21H20N2O4S/c1-13-19(28-15(3)22-13)21(25)26-14(2)20(24)23-16-9-11-18(12-10-16)27-17-7-5-4-6-8-17/h4-12,14H,1-3H3,(H,23,24). The van der Waals surface area contributed by atoms with E-state index in [0.717, 1.165) is 10.8 Å². The summed E-state index contributed by atoms with van der Waals surface area (Å²) in [6, 6.07) is 16.4. The van der Waals surface area contributed by atoms with Gasteiger partial charge in [-0.15, -0.1) is 11.3 Å². The number of benzene rings is 2. The van der Waals surface area contributed by atoms with Crippen LogP contribution in [0, 0.1) is 13.8 Å².